The molecule has 0 aliphatic heterocycles. The Bertz CT molecular complexity index is 1360. The molecule has 3 rings (SSSR count). The number of nitrogens with one attached hydrogen (secondary N) is 2. The molecule has 0 radical (unpaired) electrons. The van der Waals surface area contributed by atoms with E-state index in [4.69, 9.17) is 22.1 Å². The SMILES string of the molecule is CC1=CC=C(C(=O)Nc2cccnc2C(=O)Nc2ccc(Cl)cn2)C(OCC(C)(C)CN)C1=S(=O)=O. The van der Waals surface area contributed by atoms with Crippen LogP contribution in [0.5, 0.6) is 0 Å². The zero-order chi connectivity index (χ0) is 26.5. The fourth-order valence-electron chi connectivity index (χ4n) is 3.19. The predicted molar refractivity (Wildman–Crippen MR) is 138 cm³/mol. The molecule has 2 aromatic rings. The van der Waals surface area contributed by atoms with E-state index in [0.717, 1.165) is 0 Å². The first-order valence-electron chi connectivity index (χ1n) is 10.9. The summed E-state index contributed by atoms with van der Waals surface area (Å²) in [6.45, 7) is 5.76. The smallest absolute Gasteiger partial charge is 0.277 e. The molecule has 4 N–H and O–H groups in total. The van der Waals surface area contributed by atoms with Gasteiger partial charge in [0.05, 0.1) is 22.9 Å². The van der Waals surface area contributed by atoms with E-state index >= 15 is 0 Å². The molecule has 0 saturated heterocycles. The first kappa shape index (κ1) is 27.2. The minimum absolute atomic E-state index is 0.0477. The quantitative estimate of drug-likeness (QED) is 0.439. The van der Waals surface area contributed by atoms with E-state index < -0.39 is 33.6 Å². The zero-order valence-corrected chi connectivity index (χ0v) is 21.5. The van der Waals surface area contributed by atoms with Gasteiger partial charge in [0.15, 0.2) is 5.69 Å². The van der Waals surface area contributed by atoms with Gasteiger partial charge < -0.3 is 21.1 Å². The number of nitrogens with two attached hydrogens (primary N) is 1. The summed E-state index contributed by atoms with van der Waals surface area (Å²) in [7, 11) is -2.63. The number of anilines is 2. The van der Waals surface area contributed by atoms with Crippen molar-refractivity contribution in [1.82, 2.24) is 9.97 Å². The van der Waals surface area contributed by atoms with Crippen LogP contribution >= 0.6 is 11.6 Å². The number of hydrogen-bond donors (Lipinski definition) is 3. The minimum Gasteiger partial charge on any atom is -0.367 e. The highest BCUT2D eigenvalue weighted by Crippen LogP contribution is 2.25. The molecule has 2 amide bonds. The summed E-state index contributed by atoms with van der Waals surface area (Å²) in [5.41, 5.74) is 5.89. The van der Waals surface area contributed by atoms with E-state index in [0.29, 0.717) is 17.1 Å². The summed E-state index contributed by atoms with van der Waals surface area (Å²) in [6, 6.07) is 6.14. The molecule has 1 atom stereocenters. The lowest BCUT2D eigenvalue weighted by Crippen LogP contribution is -2.39. The van der Waals surface area contributed by atoms with Gasteiger partial charge in [-0.1, -0.05) is 37.6 Å². The number of halogens is 1. The molecule has 1 unspecified atom stereocenters. The Morgan fingerprint density at radius 3 is 2.53 bits per heavy atom. The Hall–Kier alpha value is -3.38. The van der Waals surface area contributed by atoms with Crippen molar-refractivity contribution in [2.45, 2.75) is 26.9 Å². The maximum atomic E-state index is 13.3. The molecule has 2 heterocycles. The van der Waals surface area contributed by atoms with Gasteiger partial charge in [-0.25, -0.2) is 9.97 Å². The summed E-state index contributed by atoms with van der Waals surface area (Å²) in [6.07, 6.45) is 4.65. The molecule has 0 spiro atoms. The van der Waals surface area contributed by atoms with Crippen molar-refractivity contribution < 1.29 is 22.7 Å². The van der Waals surface area contributed by atoms with Gasteiger partial charge in [-0.3, -0.25) is 9.59 Å². The van der Waals surface area contributed by atoms with Gasteiger partial charge in [0.25, 0.3) is 11.8 Å². The number of ether oxygens (including phenoxy) is 1. The summed E-state index contributed by atoms with van der Waals surface area (Å²) < 4.78 is 30.0. The van der Waals surface area contributed by atoms with Crippen molar-refractivity contribution in [2.24, 2.45) is 11.1 Å². The van der Waals surface area contributed by atoms with E-state index in [2.05, 4.69) is 20.6 Å². The van der Waals surface area contributed by atoms with Crippen molar-refractivity contribution in [1.29, 1.82) is 0 Å². The summed E-state index contributed by atoms with van der Waals surface area (Å²) in [5, 5.41) is 5.65. The van der Waals surface area contributed by atoms with Crippen LogP contribution in [0.4, 0.5) is 11.5 Å². The normalized spacial score (nSPS) is 15.6. The third-order valence-electron chi connectivity index (χ3n) is 5.30. The number of rotatable bonds is 8. The summed E-state index contributed by atoms with van der Waals surface area (Å²) in [5.74, 6) is -1.01. The Kier molecular flexibility index (Phi) is 8.75. The second-order valence-corrected chi connectivity index (χ2v) is 10.1. The molecule has 2 aromatic heterocycles. The Morgan fingerprint density at radius 1 is 1.14 bits per heavy atom. The fraction of sp³-hybridized carbons (Fsp3) is 0.292. The Morgan fingerprint density at radius 2 is 1.89 bits per heavy atom. The lowest BCUT2D eigenvalue weighted by Gasteiger charge is -2.29. The molecular formula is C24H26ClN5O5S. The fourth-order valence-corrected chi connectivity index (χ4v) is 4.00. The molecule has 1 aliphatic carbocycles. The average Bonchev–Trinajstić information content (AvgIpc) is 2.84. The van der Waals surface area contributed by atoms with Crippen LogP contribution in [0.25, 0.3) is 0 Å². The van der Waals surface area contributed by atoms with Crippen LogP contribution < -0.4 is 16.4 Å². The van der Waals surface area contributed by atoms with Crippen LogP contribution in [0.2, 0.25) is 5.02 Å². The van der Waals surface area contributed by atoms with E-state index in [1.807, 2.05) is 13.8 Å². The van der Waals surface area contributed by atoms with Crippen LogP contribution in [0.15, 0.2) is 60.0 Å². The number of pyridine rings is 2. The molecular weight excluding hydrogens is 506 g/mol. The van der Waals surface area contributed by atoms with Crippen molar-refractivity contribution in [2.75, 3.05) is 23.8 Å². The van der Waals surface area contributed by atoms with Crippen molar-refractivity contribution in [3.8, 4) is 0 Å². The summed E-state index contributed by atoms with van der Waals surface area (Å²) in [4.78, 5) is 34.2. The van der Waals surface area contributed by atoms with Gasteiger partial charge in [0.2, 0.25) is 10.3 Å². The van der Waals surface area contributed by atoms with Gasteiger partial charge in [-0.15, -0.1) is 0 Å². The van der Waals surface area contributed by atoms with Crippen LogP contribution in [0.3, 0.4) is 0 Å². The van der Waals surface area contributed by atoms with E-state index in [1.165, 1.54) is 36.7 Å². The number of carbonyl (C=O) groups is 2. The lowest BCUT2D eigenvalue weighted by atomic mass is 9.93. The molecule has 0 fully saturated rings. The largest absolute Gasteiger partial charge is 0.367 e. The molecule has 0 saturated carbocycles. The first-order chi connectivity index (χ1) is 17.0. The molecule has 0 bridgehead atoms. The number of aromatic nitrogens is 2. The summed E-state index contributed by atoms with van der Waals surface area (Å²) >= 11 is 5.83. The van der Waals surface area contributed by atoms with E-state index in [9.17, 15) is 18.0 Å². The molecule has 10 nitrogen and oxygen atoms in total. The molecule has 0 aromatic carbocycles. The predicted octanol–water partition coefficient (Wildman–Crippen LogP) is 2.63. The molecule has 12 heteroatoms. The van der Waals surface area contributed by atoms with Gasteiger partial charge in [0.1, 0.15) is 16.8 Å². The Balaban J connectivity index is 1.88. The Labute approximate surface area is 215 Å². The van der Waals surface area contributed by atoms with Crippen molar-refractivity contribution in [3.63, 3.8) is 0 Å². The third kappa shape index (κ3) is 6.64. The number of carbonyl (C=O) groups excluding carboxylic acids is 2. The van der Waals surface area contributed by atoms with Gasteiger partial charge in [-0.05, 0) is 43.3 Å². The first-order valence-corrected chi connectivity index (χ1v) is 12.3. The van der Waals surface area contributed by atoms with E-state index in [1.54, 1.807) is 19.1 Å². The van der Waals surface area contributed by atoms with E-state index in [-0.39, 0.29) is 34.2 Å². The van der Waals surface area contributed by atoms with Gasteiger partial charge in [-0.2, -0.15) is 8.42 Å². The lowest BCUT2D eigenvalue weighted by molar-refractivity contribution is -0.114. The molecule has 36 heavy (non-hydrogen) atoms. The van der Waals surface area contributed by atoms with Crippen LogP contribution in [0.1, 0.15) is 31.3 Å². The highest BCUT2D eigenvalue weighted by Gasteiger charge is 2.33. The van der Waals surface area contributed by atoms with Crippen LogP contribution in [-0.2, 0) is 19.8 Å². The zero-order valence-electron chi connectivity index (χ0n) is 19.9. The van der Waals surface area contributed by atoms with Gasteiger partial charge in [0, 0.05) is 17.8 Å². The second-order valence-electron chi connectivity index (χ2n) is 8.80. The monoisotopic (exact) mass is 531 g/mol. The molecule has 190 valence electrons. The van der Waals surface area contributed by atoms with Crippen molar-refractivity contribution >= 4 is 50.1 Å². The average molecular weight is 532 g/mol. The number of hydrogen-bond acceptors (Lipinski definition) is 8. The minimum atomic E-state index is -2.63. The van der Waals surface area contributed by atoms with Crippen molar-refractivity contribution in [3.05, 3.63) is 70.7 Å². The maximum absolute atomic E-state index is 13.3. The maximum Gasteiger partial charge on any atom is 0.277 e. The molecule has 1 aliphatic rings. The third-order valence-corrected chi connectivity index (χ3v) is 6.42. The topological polar surface area (TPSA) is 153 Å². The number of nitrogens with zero attached hydrogens (tertiary/aromatic N) is 2. The van der Waals surface area contributed by atoms with Crippen LogP contribution in [-0.4, -0.2) is 54.3 Å². The highest BCUT2D eigenvalue weighted by atomic mass is 35.5. The highest BCUT2D eigenvalue weighted by molar-refractivity contribution is 7.73. The van der Waals surface area contributed by atoms with Crippen LogP contribution in [0, 0.1) is 5.41 Å². The standard InChI is InChI=1S/C24H26ClN5O5S/c1-14-6-8-16(20(21(14)36(33)34)35-13-24(2,3)12-26)22(31)29-17-5-4-10-27-19(17)23(32)30-18-9-7-15(25)11-28-18/h4-11,20H,12-13,26H2,1-3H3,(H,29,31)(H,28,30,32). The number of allylic oxidation sites excluding steroid dienone is 2. The number of amides is 2. The van der Waals surface area contributed by atoms with Gasteiger partial charge >= 0.3 is 0 Å². The second kappa shape index (κ2) is 11.6.